The fourth-order valence-electron chi connectivity index (χ4n) is 5.85. The number of nitrogens with zero attached hydrogens (tertiary/aromatic N) is 2. The van der Waals surface area contributed by atoms with Crippen LogP contribution in [0.1, 0.15) is 5.56 Å². The summed E-state index contributed by atoms with van der Waals surface area (Å²) in [6, 6.07) is 39.0. The molecule has 3 heterocycles. The van der Waals surface area contributed by atoms with Gasteiger partial charge < -0.3 is 9.55 Å². The lowest BCUT2D eigenvalue weighted by atomic mass is 10.1. The molecule has 0 bridgehead atoms. The van der Waals surface area contributed by atoms with Crippen molar-refractivity contribution in [2.24, 2.45) is 0 Å². The Bertz CT molecular complexity index is 1910. The SMILES string of the molecule is c1ccc(-n2c3ccccc3c3ccc4c(c32)CNN4c2cccc3c2[nH]c2ccccc23)cc1. The van der Waals surface area contributed by atoms with Gasteiger partial charge in [-0.1, -0.05) is 72.8 Å². The molecule has 4 nitrogen and oxygen atoms in total. The highest BCUT2D eigenvalue weighted by molar-refractivity contribution is 6.14. The molecule has 0 radical (unpaired) electrons. The largest absolute Gasteiger partial charge is 0.353 e. The fraction of sp³-hybridized carbons (Fsp3) is 0.0323. The molecule has 0 spiro atoms. The molecule has 0 saturated carbocycles. The summed E-state index contributed by atoms with van der Waals surface area (Å²) in [6.07, 6.45) is 0. The second-order valence-electron chi connectivity index (χ2n) is 9.19. The van der Waals surface area contributed by atoms with E-state index in [0.717, 1.165) is 23.3 Å². The first-order valence-electron chi connectivity index (χ1n) is 12.0. The van der Waals surface area contributed by atoms with Crippen molar-refractivity contribution < 1.29 is 0 Å². The van der Waals surface area contributed by atoms with Crippen LogP contribution in [-0.4, -0.2) is 9.55 Å². The van der Waals surface area contributed by atoms with E-state index < -0.39 is 0 Å². The third-order valence-corrected chi connectivity index (χ3v) is 7.35. The van der Waals surface area contributed by atoms with Gasteiger partial charge in [0.1, 0.15) is 0 Å². The van der Waals surface area contributed by atoms with Crippen molar-refractivity contribution in [2.45, 2.75) is 6.54 Å². The maximum Gasteiger partial charge on any atom is 0.0819 e. The fourth-order valence-corrected chi connectivity index (χ4v) is 5.85. The highest BCUT2D eigenvalue weighted by atomic mass is 15.5. The highest BCUT2D eigenvalue weighted by Gasteiger charge is 2.27. The number of hydrogen-bond acceptors (Lipinski definition) is 2. The zero-order chi connectivity index (χ0) is 22.9. The first-order chi connectivity index (χ1) is 17.4. The van der Waals surface area contributed by atoms with Crippen LogP contribution in [0.15, 0.2) is 109 Å². The van der Waals surface area contributed by atoms with Gasteiger partial charge in [0.2, 0.25) is 0 Å². The number of anilines is 2. The van der Waals surface area contributed by atoms with Crippen molar-refractivity contribution in [3.8, 4) is 5.69 Å². The summed E-state index contributed by atoms with van der Waals surface area (Å²) < 4.78 is 2.41. The first-order valence-corrected chi connectivity index (χ1v) is 12.0. The monoisotopic (exact) mass is 450 g/mol. The third-order valence-electron chi connectivity index (χ3n) is 7.35. The predicted molar refractivity (Wildman–Crippen MR) is 146 cm³/mol. The molecule has 0 amide bonds. The Morgan fingerprint density at radius 3 is 2.26 bits per heavy atom. The number of hydrazine groups is 1. The zero-order valence-corrected chi connectivity index (χ0v) is 19.0. The van der Waals surface area contributed by atoms with Crippen molar-refractivity contribution in [3.05, 3.63) is 115 Å². The number of para-hydroxylation sites is 4. The minimum absolute atomic E-state index is 0.770. The first kappa shape index (κ1) is 18.8. The van der Waals surface area contributed by atoms with E-state index >= 15 is 0 Å². The number of H-pyrrole nitrogens is 1. The van der Waals surface area contributed by atoms with Gasteiger partial charge in [-0.25, -0.2) is 5.43 Å². The molecule has 0 fully saturated rings. The number of rotatable bonds is 2. The molecule has 35 heavy (non-hydrogen) atoms. The molecular weight excluding hydrogens is 428 g/mol. The van der Waals surface area contributed by atoms with Gasteiger partial charge in [0.15, 0.2) is 0 Å². The molecule has 4 heteroatoms. The molecule has 2 N–H and O–H groups in total. The van der Waals surface area contributed by atoms with Gasteiger partial charge in [0.25, 0.3) is 0 Å². The third kappa shape index (κ3) is 2.54. The summed E-state index contributed by atoms with van der Waals surface area (Å²) in [6.45, 7) is 0.770. The summed E-state index contributed by atoms with van der Waals surface area (Å²) in [4.78, 5) is 3.66. The van der Waals surface area contributed by atoms with Crippen molar-refractivity contribution in [1.82, 2.24) is 15.0 Å². The Kier molecular flexibility index (Phi) is 3.76. The number of aromatic nitrogens is 2. The van der Waals surface area contributed by atoms with Crippen LogP contribution in [0, 0.1) is 0 Å². The molecule has 0 saturated heterocycles. The summed E-state index contributed by atoms with van der Waals surface area (Å²) in [5.41, 5.74) is 13.3. The van der Waals surface area contributed by atoms with E-state index in [2.05, 4.69) is 129 Å². The average Bonchev–Trinajstić information content (AvgIpc) is 3.60. The van der Waals surface area contributed by atoms with Crippen LogP contribution in [0.25, 0.3) is 49.3 Å². The summed E-state index contributed by atoms with van der Waals surface area (Å²) in [5.74, 6) is 0. The van der Waals surface area contributed by atoms with Crippen molar-refractivity contribution in [2.75, 3.05) is 5.01 Å². The predicted octanol–water partition coefficient (Wildman–Crippen LogP) is 7.57. The Labute approximate surface area is 202 Å². The second kappa shape index (κ2) is 6.98. The van der Waals surface area contributed by atoms with Gasteiger partial charge in [-0.3, -0.25) is 5.01 Å². The number of hydrogen-bond donors (Lipinski definition) is 2. The quantitative estimate of drug-likeness (QED) is 0.285. The highest BCUT2D eigenvalue weighted by Crippen LogP contribution is 2.43. The van der Waals surface area contributed by atoms with Crippen LogP contribution in [0.3, 0.4) is 0 Å². The lowest BCUT2D eigenvalue weighted by Crippen LogP contribution is -2.26. The van der Waals surface area contributed by atoms with E-state index in [-0.39, 0.29) is 0 Å². The minimum Gasteiger partial charge on any atom is -0.353 e. The van der Waals surface area contributed by atoms with E-state index in [0.29, 0.717) is 0 Å². The Balaban J connectivity index is 1.41. The normalized spacial score (nSPS) is 13.4. The summed E-state index contributed by atoms with van der Waals surface area (Å²) in [5, 5.41) is 7.32. The average molecular weight is 451 g/mol. The van der Waals surface area contributed by atoms with Crippen molar-refractivity contribution >= 4 is 55.0 Å². The van der Waals surface area contributed by atoms with Crippen LogP contribution >= 0.6 is 0 Å². The van der Waals surface area contributed by atoms with E-state index in [1.807, 2.05) is 0 Å². The maximum absolute atomic E-state index is 3.69. The van der Waals surface area contributed by atoms with E-state index in [4.69, 9.17) is 0 Å². The lowest BCUT2D eigenvalue weighted by Gasteiger charge is -2.20. The molecule has 5 aromatic carbocycles. The van der Waals surface area contributed by atoms with Crippen molar-refractivity contribution in [1.29, 1.82) is 0 Å². The van der Waals surface area contributed by atoms with Gasteiger partial charge in [-0.05, 0) is 36.4 Å². The van der Waals surface area contributed by atoms with Gasteiger partial charge in [-0.2, -0.15) is 0 Å². The summed E-state index contributed by atoms with van der Waals surface area (Å²) >= 11 is 0. The van der Waals surface area contributed by atoms with Gasteiger partial charge in [0.05, 0.1) is 27.9 Å². The second-order valence-corrected chi connectivity index (χ2v) is 9.19. The van der Waals surface area contributed by atoms with Crippen LogP contribution in [0.5, 0.6) is 0 Å². The summed E-state index contributed by atoms with van der Waals surface area (Å²) in [7, 11) is 0. The van der Waals surface area contributed by atoms with Crippen LogP contribution in [0.2, 0.25) is 0 Å². The van der Waals surface area contributed by atoms with E-state index in [1.54, 1.807) is 0 Å². The van der Waals surface area contributed by atoms with Crippen LogP contribution in [0.4, 0.5) is 11.4 Å². The molecule has 0 aliphatic carbocycles. The van der Waals surface area contributed by atoms with E-state index in [9.17, 15) is 0 Å². The maximum atomic E-state index is 3.69. The number of benzene rings is 5. The van der Waals surface area contributed by atoms with Gasteiger partial charge in [-0.15, -0.1) is 0 Å². The smallest absolute Gasteiger partial charge is 0.0819 e. The molecule has 2 aromatic heterocycles. The Hall–Kier alpha value is -4.54. The molecule has 1 aliphatic rings. The molecule has 166 valence electrons. The van der Waals surface area contributed by atoms with Crippen LogP contribution in [-0.2, 0) is 6.54 Å². The number of nitrogens with one attached hydrogen (secondary N) is 2. The van der Waals surface area contributed by atoms with E-state index in [1.165, 1.54) is 49.5 Å². The standard InChI is InChI=1S/C31H22N4/c1-2-9-20(10-3-1)34-27-15-7-5-12-22(27)24-17-18-28-25(31(24)34)19-32-35(28)29-16-8-13-23-21-11-4-6-14-26(21)33-30(23)29/h1-18,32-33H,19H2. The van der Waals surface area contributed by atoms with Crippen LogP contribution < -0.4 is 10.4 Å². The topological polar surface area (TPSA) is 36.0 Å². The van der Waals surface area contributed by atoms with Crippen molar-refractivity contribution in [3.63, 3.8) is 0 Å². The zero-order valence-electron chi connectivity index (χ0n) is 19.0. The molecule has 1 aliphatic heterocycles. The molecule has 8 rings (SSSR count). The van der Waals surface area contributed by atoms with Gasteiger partial charge >= 0.3 is 0 Å². The number of aromatic amines is 1. The Morgan fingerprint density at radius 2 is 1.34 bits per heavy atom. The lowest BCUT2D eigenvalue weighted by molar-refractivity contribution is 0.768. The number of fused-ring (bicyclic) bond motifs is 8. The minimum atomic E-state index is 0.770. The molecule has 0 atom stereocenters. The molecular formula is C31H22N4. The molecule has 0 unspecified atom stereocenters. The van der Waals surface area contributed by atoms with Gasteiger partial charge in [0, 0.05) is 44.9 Å². The Morgan fingerprint density at radius 1 is 0.571 bits per heavy atom. The molecule has 7 aromatic rings.